The Morgan fingerprint density at radius 2 is 1.76 bits per heavy atom. The number of ether oxygens (including phenoxy) is 7. The summed E-state index contributed by atoms with van der Waals surface area (Å²) in [4.78, 5) is 32.7. The van der Waals surface area contributed by atoms with Gasteiger partial charge in [-0.2, -0.15) is 0 Å². The molecule has 4 rings (SSSR count). The summed E-state index contributed by atoms with van der Waals surface area (Å²) in [5.74, 6) is -1.75. The molecule has 2 aliphatic heterocycles. The maximum atomic E-state index is 13.3. The summed E-state index contributed by atoms with van der Waals surface area (Å²) < 4.78 is 42.1. The van der Waals surface area contributed by atoms with E-state index < -0.39 is 79.2 Å². The van der Waals surface area contributed by atoms with Crippen LogP contribution in [-0.4, -0.2) is 135 Å². The van der Waals surface area contributed by atoms with Gasteiger partial charge in [0.25, 0.3) is 0 Å². The van der Waals surface area contributed by atoms with Gasteiger partial charge in [0.15, 0.2) is 18.4 Å². The second-order valence-electron chi connectivity index (χ2n) is 14.6. The number of methoxy groups -OCH3 is 3. The molecule has 1 fully saturated rings. The molecule has 0 bridgehead atoms. The SMILES string of the molecule is COC(C[C@H]1C[C@@H](C)C(=O)/C=C/C=C/C[C@@H](C)OC(=O)C[C@@H](O)[C@H](OC)[C@H]1O[C@@H]1O[C@H](C)[C@@H](OC/C=C/c2cnc3ccccc3c2)[C@H](N(C)C)[C@H]1O)OC. The Kier molecular flexibility index (Phi) is 17.6. The molecule has 11 atom stereocenters. The molecule has 0 amide bonds. The number of pyridine rings is 1. The number of ketones is 1. The molecule has 304 valence electrons. The molecular formula is C42H60N2O11. The second kappa shape index (κ2) is 21.8. The summed E-state index contributed by atoms with van der Waals surface area (Å²) in [7, 11) is 8.12. The summed E-state index contributed by atoms with van der Waals surface area (Å²) in [5.41, 5.74) is 1.85. The number of hydrogen-bond donors (Lipinski definition) is 2. The quantitative estimate of drug-likeness (QED) is 0.231. The van der Waals surface area contributed by atoms with E-state index in [2.05, 4.69) is 11.1 Å². The van der Waals surface area contributed by atoms with Crippen LogP contribution in [0.25, 0.3) is 17.0 Å². The van der Waals surface area contributed by atoms with Crippen LogP contribution in [0, 0.1) is 11.8 Å². The minimum atomic E-state index is -1.38. The number of allylic oxidation sites excluding steroid dienone is 3. The lowest BCUT2D eigenvalue weighted by Crippen LogP contribution is -2.64. The number of aliphatic hydroxyl groups excluding tert-OH is 2. The number of para-hydroxylation sites is 1. The Balaban J connectivity index is 1.61. The van der Waals surface area contributed by atoms with E-state index in [0.29, 0.717) is 6.42 Å². The maximum Gasteiger partial charge on any atom is 0.308 e. The fourth-order valence-corrected chi connectivity index (χ4v) is 7.34. The molecule has 0 aliphatic carbocycles. The van der Waals surface area contributed by atoms with Gasteiger partial charge in [-0.25, -0.2) is 0 Å². The van der Waals surface area contributed by atoms with Crippen molar-refractivity contribution in [3.05, 3.63) is 72.5 Å². The van der Waals surface area contributed by atoms with Gasteiger partial charge in [-0.05, 0) is 64.1 Å². The average molecular weight is 769 g/mol. The van der Waals surface area contributed by atoms with E-state index in [1.165, 1.54) is 27.4 Å². The summed E-state index contributed by atoms with van der Waals surface area (Å²) in [6.45, 7) is 5.67. The minimum Gasteiger partial charge on any atom is -0.462 e. The number of esters is 1. The lowest BCUT2D eigenvalue weighted by atomic mass is 9.82. The summed E-state index contributed by atoms with van der Waals surface area (Å²) in [5, 5.41) is 24.6. The van der Waals surface area contributed by atoms with Gasteiger partial charge in [-0.15, -0.1) is 0 Å². The van der Waals surface area contributed by atoms with Crippen molar-refractivity contribution in [3.8, 4) is 0 Å². The van der Waals surface area contributed by atoms with Crippen LogP contribution in [0.1, 0.15) is 52.0 Å². The lowest BCUT2D eigenvalue weighted by Gasteiger charge is -2.48. The molecule has 0 unspecified atom stereocenters. The van der Waals surface area contributed by atoms with Crippen molar-refractivity contribution in [1.82, 2.24) is 9.88 Å². The largest absolute Gasteiger partial charge is 0.462 e. The molecule has 3 heterocycles. The first-order chi connectivity index (χ1) is 26.4. The van der Waals surface area contributed by atoms with Crippen LogP contribution in [-0.2, 0) is 42.7 Å². The van der Waals surface area contributed by atoms with E-state index in [0.717, 1.165) is 16.5 Å². The fraction of sp³-hybridized carbons (Fsp3) is 0.595. The highest BCUT2D eigenvalue weighted by molar-refractivity contribution is 5.91. The Morgan fingerprint density at radius 1 is 1.02 bits per heavy atom. The number of rotatable bonds is 12. The van der Waals surface area contributed by atoms with E-state index in [4.69, 9.17) is 33.2 Å². The van der Waals surface area contributed by atoms with E-state index >= 15 is 0 Å². The van der Waals surface area contributed by atoms with Crippen molar-refractivity contribution in [2.75, 3.05) is 42.0 Å². The maximum absolute atomic E-state index is 13.3. The molecule has 0 radical (unpaired) electrons. The first kappa shape index (κ1) is 44.3. The van der Waals surface area contributed by atoms with Crippen molar-refractivity contribution < 1.29 is 53.0 Å². The average Bonchev–Trinajstić information content (AvgIpc) is 3.15. The number of hydrogen-bond acceptors (Lipinski definition) is 13. The van der Waals surface area contributed by atoms with Gasteiger partial charge >= 0.3 is 5.97 Å². The predicted octanol–water partition coefficient (Wildman–Crippen LogP) is 4.49. The van der Waals surface area contributed by atoms with Crippen molar-refractivity contribution in [1.29, 1.82) is 0 Å². The van der Waals surface area contributed by atoms with Crippen molar-refractivity contribution in [3.63, 3.8) is 0 Å². The molecule has 2 aliphatic rings. The summed E-state index contributed by atoms with van der Waals surface area (Å²) in [6.07, 6.45) is 4.72. The Morgan fingerprint density at radius 3 is 2.47 bits per heavy atom. The zero-order chi connectivity index (χ0) is 40.1. The highest BCUT2D eigenvalue weighted by Gasteiger charge is 2.49. The number of aliphatic hydroxyl groups is 2. The normalized spacial score (nSPS) is 33.0. The zero-order valence-corrected chi connectivity index (χ0v) is 33.4. The van der Waals surface area contributed by atoms with Crippen LogP contribution in [0.15, 0.2) is 66.9 Å². The molecule has 2 N–H and O–H groups in total. The van der Waals surface area contributed by atoms with E-state index in [9.17, 15) is 19.8 Å². The van der Waals surface area contributed by atoms with Gasteiger partial charge in [0.2, 0.25) is 0 Å². The number of carbonyl (C=O) groups excluding carboxylic acids is 2. The number of likely N-dealkylation sites (N-methyl/N-ethyl adjacent to an activating group) is 1. The molecule has 1 aromatic heterocycles. The van der Waals surface area contributed by atoms with Crippen LogP contribution in [0.3, 0.4) is 0 Å². The molecular weight excluding hydrogens is 708 g/mol. The van der Waals surface area contributed by atoms with Crippen LogP contribution < -0.4 is 0 Å². The van der Waals surface area contributed by atoms with E-state index in [1.54, 1.807) is 25.3 Å². The third-order valence-electron chi connectivity index (χ3n) is 10.3. The highest BCUT2D eigenvalue weighted by atomic mass is 16.7. The summed E-state index contributed by atoms with van der Waals surface area (Å²) >= 11 is 0. The standard InChI is InChI=1S/C42H60N2O11/c1-26-21-31(23-36(49-6)50-7)40(41(51-8)34(46)24-35(47)53-27(2)15-10-9-11-19-33(26)45)55-42-38(48)37(44(4)5)39(28(3)54-42)52-20-14-16-29-22-30-17-12-13-18-32(30)43-25-29/h9-14,16-19,22,25-28,31,34,36-42,46,48H,15,20-21,23-24H2,1-8H3/b10-9+,16-14+,19-11+/t26-,27-,28-,31-,34-,37-,38-,39-,40+,41+,42+/m1/s1. The Labute approximate surface area is 325 Å². The van der Waals surface area contributed by atoms with E-state index in [1.807, 2.05) is 75.3 Å². The second-order valence-corrected chi connectivity index (χ2v) is 14.6. The van der Waals surface area contributed by atoms with Crippen LogP contribution >= 0.6 is 0 Å². The zero-order valence-electron chi connectivity index (χ0n) is 33.4. The minimum absolute atomic E-state index is 0.109. The van der Waals surface area contributed by atoms with Crippen molar-refractivity contribution in [2.24, 2.45) is 11.8 Å². The molecule has 2 aromatic rings. The molecule has 13 heteroatoms. The first-order valence-corrected chi connectivity index (χ1v) is 19.0. The number of benzene rings is 1. The number of aromatic nitrogens is 1. The smallest absolute Gasteiger partial charge is 0.308 e. The number of carbonyl (C=O) groups is 2. The summed E-state index contributed by atoms with van der Waals surface area (Å²) in [6, 6.07) is 9.40. The van der Waals surface area contributed by atoms with Gasteiger partial charge in [0, 0.05) is 51.7 Å². The van der Waals surface area contributed by atoms with Crippen molar-refractivity contribution >= 4 is 28.7 Å². The Hall–Kier alpha value is -3.37. The number of nitrogens with zero attached hydrogens (tertiary/aromatic N) is 2. The molecule has 1 saturated heterocycles. The van der Waals surface area contributed by atoms with Gasteiger partial charge in [0.05, 0.1) is 42.9 Å². The monoisotopic (exact) mass is 768 g/mol. The topological polar surface area (TPSA) is 155 Å². The third kappa shape index (κ3) is 12.6. The molecule has 0 saturated carbocycles. The fourth-order valence-electron chi connectivity index (χ4n) is 7.34. The van der Waals surface area contributed by atoms with E-state index in [-0.39, 0.29) is 31.7 Å². The number of cyclic esters (lactones) is 1. The predicted molar refractivity (Wildman–Crippen MR) is 208 cm³/mol. The van der Waals surface area contributed by atoms with Crippen molar-refractivity contribution in [2.45, 2.75) is 108 Å². The third-order valence-corrected chi connectivity index (χ3v) is 10.3. The molecule has 0 spiro atoms. The first-order valence-electron chi connectivity index (χ1n) is 19.0. The van der Waals surface area contributed by atoms with Gasteiger partial charge in [-0.1, -0.05) is 55.5 Å². The van der Waals surface area contributed by atoms with Gasteiger partial charge < -0.3 is 48.3 Å². The van der Waals surface area contributed by atoms with Crippen LogP contribution in [0.4, 0.5) is 0 Å². The molecule has 13 nitrogen and oxygen atoms in total. The molecule has 55 heavy (non-hydrogen) atoms. The van der Waals surface area contributed by atoms with Gasteiger partial charge in [0.1, 0.15) is 24.4 Å². The van der Waals surface area contributed by atoms with Gasteiger partial charge in [-0.3, -0.25) is 14.6 Å². The van der Waals surface area contributed by atoms with Crippen LogP contribution in [0.2, 0.25) is 0 Å². The number of fused-ring (bicyclic) bond motifs is 1. The van der Waals surface area contributed by atoms with Crippen LogP contribution in [0.5, 0.6) is 0 Å². The molecule has 1 aromatic carbocycles. The lowest BCUT2D eigenvalue weighted by molar-refractivity contribution is -0.314. The highest BCUT2D eigenvalue weighted by Crippen LogP contribution is 2.35. The Bertz CT molecular complexity index is 1590.